The zero-order valence-electron chi connectivity index (χ0n) is 41.6. The van der Waals surface area contributed by atoms with E-state index < -0.39 is 6.10 Å². The first-order valence-corrected chi connectivity index (χ1v) is 26.8. The topological polar surface area (TPSA) is 78.9 Å². The summed E-state index contributed by atoms with van der Waals surface area (Å²) < 4.78 is 16.8. The molecule has 0 aliphatic rings. The Hall–Kier alpha value is -2.89. The fourth-order valence-electron chi connectivity index (χ4n) is 7.51. The first-order valence-electron chi connectivity index (χ1n) is 26.8. The number of hydrogen-bond acceptors (Lipinski definition) is 6. The fourth-order valence-corrected chi connectivity index (χ4v) is 7.51. The largest absolute Gasteiger partial charge is 0.462 e. The van der Waals surface area contributed by atoms with Crippen LogP contribution >= 0.6 is 0 Å². The van der Waals surface area contributed by atoms with Gasteiger partial charge in [-0.15, -0.1) is 0 Å². The van der Waals surface area contributed by atoms with Gasteiger partial charge in [0.25, 0.3) is 0 Å². The molecule has 0 aromatic rings. The zero-order valence-corrected chi connectivity index (χ0v) is 41.6. The smallest absolute Gasteiger partial charge is 0.306 e. The van der Waals surface area contributed by atoms with Crippen molar-refractivity contribution in [2.24, 2.45) is 0 Å². The molecule has 0 heterocycles. The predicted molar refractivity (Wildman–Crippen MR) is 270 cm³/mol. The van der Waals surface area contributed by atoms with Crippen LogP contribution in [-0.2, 0) is 28.6 Å². The molecule has 1 atom stereocenters. The van der Waals surface area contributed by atoms with E-state index in [1.54, 1.807) is 0 Å². The Morgan fingerprint density at radius 2 is 0.587 bits per heavy atom. The van der Waals surface area contributed by atoms with Crippen LogP contribution in [0.1, 0.15) is 265 Å². The summed E-state index contributed by atoms with van der Waals surface area (Å²) in [6.45, 7) is 6.57. The van der Waals surface area contributed by atoms with Crippen molar-refractivity contribution in [3.63, 3.8) is 0 Å². The Balaban J connectivity index is 4.41. The second-order valence-electron chi connectivity index (χ2n) is 17.9. The Bertz CT molecular complexity index is 1150. The molecule has 0 N–H and O–H groups in total. The van der Waals surface area contributed by atoms with Crippen LogP contribution in [0.25, 0.3) is 0 Å². The van der Waals surface area contributed by atoms with Crippen molar-refractivity contribution in [1.82, 2.24) is 0 Å². The van der Waals surface area contributed by atoms with E-state index in [4.69, 9.17) is 14.2 Å². The van der Waals surface area contributed by atoms with Gasteiger partial charge >= 0.3 is 17.9 Å². The van der Waals surface area contributed by atoms with Gasteiger partial charge < -0.3 is 14.2 Å². The third kappa shape index (κ3) is 50.0. The molecule has 0 radical (unpaired) electrons. The summed E-state index contributed by atoms with van der Waals surface area (Å²) in [5.41, 5.74) is 0. The lowest BCUT2D eigenvalue weighted by Gasteiger charge is -2.18. The van der Waals surface area contributed by atoms with Gasteiger partial charge in [-0.25, -0.2) is 0 Å². The molecule has 0 aromatic carbocycles. The molecule has 1 unspecified atom stereocenters. The van der Waals surface area contributed by atoms with Crippen molar-refractivity contribution in [1.29, 1.82) is 0 Å². The van der Waals surface area contributed by atoms with E-state index in [0.29, 0.717) is 19.3 Å². The van der Waals surface area contributed by atoms with Crippen molar-refractivity contribution >= 4 is 17.9 Å². The molecule has 63 heavy (non-hydrogen) atoms. The number of hydrogen-bond donors (Lipinski definition) is 0. The minimum atomic E-state index is -0.783. The van der Waals surface area contributed by atoms with Gasteiger partial charge in [-0.3, -0.25) is 14.4 Å². The van der Waals surface area contributed by atoms with Gasteiger partial charge in [0.2, 0.25) is 0 Å². The van der Waals surface area contributed by atoms with E-state index in [9.17, 15) is 14.4 Å². The van der Waals surface area contributed by atoms with E-state index >= 15 is 0 Å². The van der Waals surface area contributed by atoms with Gasteiger partial charge in [-0.1, -0.05) is 236 Å². The van der Waals surface area contributed by atoms with Crippen molar-refractivity contribution in [2.45, 2.75) is 271 Å². The molecule has 0 aliphatic carbocycles. The van der Waals surface area contributed by atoms with Crippen LogP contribution in [0.4, 0.5) is 0 Å². The molecular weight excluding hydrogens is 781 g/mol. The minimum absolute atomic E-state index is 0.0817. The number of ether oxygens (including phenoxy) is 3. The maximum Gasteiger partial charge on any atom is 0.306 e. The zero-order chi connectivity index (χ0) is 45.8. The highest BCUT2D eigenvalue weighted by molar-refractivity contribution is 5.71. The van der Waals surface area contributed by atoms with E-state index in [0.717, 1.165) is 83.5 Å². The van der Waals surface area contributed by atoms with Crippen molar-refractivity contribution in [2.75, 3.05) is 13.2 Å². The average molecular weight is 881 g/mol. The summed E-state index contributed by atoms with van der Waals surface area (Å²) in [6, 6.07) is 0. The first kappa shape index (κ1) is 60.1. The highest BCUT2D eigenvalue weighted by atomic mass is 16.6. The van der Waals surface area contributed by atoms with Crippen LogP contribution < -0.4 is 0 Å². The Kier molecular flexibility index (Phi) is 49.4. The third-order valence-corrected chi connectivity index (χ3v) is 11.6. The molecule has 0 fully saturated rings. The second kappa shape index (κ2) is 51.7. The van der Waals surface area contributed by atoms with Crippen LogP contribution in [0.5, 0.6) is 0 Å². The minimum Gasteiger partial charge on any atom is -0.462 e. The summed E-state index contributed by atoms with van der Waals surface area (Å²) in [7, 11) is 0. The summed E-state index contributed by atoms with van der Waals surface area (Å²) in [5.74, 6) is -0.903. The van der Waals surface area contributed by atoms with Gasteiger partial charge in [0.05, 0.1) is 0 Å². The van der Waals surface area contributed by atoms with Crippen LogP contribution in [0, 0.1) is 0 Å². The summed E-state index contributed by atoms with van der Waals surface area (Å²) in [4.78, 5) is 38.0. The maximum absolute atomic E-state index is 12.8. The molecule has 0 spiro atoms. The quantitative estimate of drug-likeness (QED) is 0.0199. The van der Waals surface area contributed by atoms with Crippen LogP contribution in [0.2, 0.25) is 0 Å². The standard InChI is InChI=1S/C57H100O6/c1-4-7-10-13-16-19-22-25-27-28-29-31-32-35-38-41-44-47-50-56(59)62-53-54(52-61-55(58)49-46-43-40-37-34-24-21-18-15-12-9-6-3)63-57(60)51-48-45-42-39-36-33-30-26-23-20-17-14-11-8-5-2/h16,19-20,22-23,25,27-29,31,54H,4-15,17-18,21,24,26,30,32-53H2,1-3H3/b19-16-,23-20-,25-22-,28-27-,31-29-. The van der Waals surface area contributed by atoms with E-state index in [1.165, 1.54) is 141 Å². The number of carbonyl (C=O) groups is 3. The van der Waals surface area contributed by atoms with Crippen molar-refractivity contribution in [3.8, 4) is 0 Å². The lowest BCUT2D eigenvalue weighted by Crippen LogP contribution is -2.30. The third-order valence-electron chi connectivity index (χ3n) is 11.6. The SMILES string of the molecule is CCCCC\C=C/C=C\C=C/C=C\CCCCCCCC(=O)OCC(COC(=O)CCCCCCCCCCCCCC)OC(=O)CCCCCCCCC/C=C\CCCCCC. The van der Waals surface area contributed by atoms with Gasteiger partial charge in [0.1, 0.15) is 13.2 Å². The Morgan fingerprint density at radius 3 is 0.984 bits per heavy atom. The van der Waals surface area contributed by atoms with E-state index in [1.807, 2.05) is 0 Å². The number of esters is 3. The summed E-state index contributed by atoms with van der Waals surface area (Å²) in [5, 5.41) is 0. The molecule has 6 nitrogen and oxygen atoms in total. The molecule has 0 saturated heterocycles. The molecule has 364 valence electrons. The first-order chi connectivity index (χ1) is 31.0. The highest BCUT2D eigenvalue weighted by Crippen LogP contribution is 2.15. The lowest BCUT2D eigenvalue weighted by molar-refractivity contribution is -0.167. The van der Waals surface area contributed by atoms with E-state index in [2.05, 4.69) is 81.5 Å². The van der Waals surface area contributed by atoms with Gasteiger partial charge in [0, 0.05) is 19.3 Å². The Labute approximate surface area is 390 Å². The molecule has 0 rings (SSSR count). The molecule has 0 amide bonds. The molecule has 0 aromatic heterocycles. The van der Waals surface area contributed by atoms with Crippen LogP contribution in [0.3, 0.4) is 0 Å². The normalized spacial score (nSPS) is 12.5. The van der Waals surface area contributed by atoms with Crippen LogP contribution in [0.15, 0.2) is 60.8 Å². The maximum atomic E-state index is 12.8. The van der Waals surface area contributed by atoms with Crippen LogP contribution in [-0.4, -0.2) is 37.2 Å². The molecule has 0 bridgehead atoms. The summed E-state index contributed by atoms with van der Waals surface area (Å²) >= 11 is 0. The predicted octanol–water partition coefficient (Wildman–Crippen LogP) is 17.6. The van der Waals surface area contributed by atoms with Crippen molar-refractivity contribution in [3.05, 3.63) is 60.8 Å². The fraction of sp³-hybridized carbons (Fsp3) is 0.772. The van der Waals surface area contributed by atoms with Gasteiger partial charge in [-0.05, 0) is 70.6 Å². The molecule has 6 heteroatoms. The summed E-state index contributed by atoms with van der Waals surface area (Å²) in [6.07, 6.45) is 63.4. The van der Waals surface area contributed by atoms with Gasteiger partial charge in [-0.2, -0.15) is 0 Å². The monoisotopic (exact) mass is 881 g/mol. The number of unbranched alkanes of at least 4 members (excludes halogenated alkanes) is 30. The average Bonchev–Trinajstić information content (AvgIpc) is 3.28. The number of allylic oxidation sites excluding steroid dienone is 10. The highest BCUT2D eigenvalue weighted by Gasteiger charge is 2.19. The van der Waals surface area contributed by atoms with Gasteiger partial charge in [0.15, 0.2) is 6.10 Å². The Morgan fingerprint density at radius 1 is 0.317 bits per heavy atom. The second-order valence-corrected chi connectivity index (χ2v) is 17.9. The molecule has 0 aliphatic heterocycles. The number of rotatable bonds is 48. The van der Waals surface area contributed by atoms with Crippen molar-refractivity contribution < 1.29 is 28.6 Å². The van der Waals surface area contributed by atoms with E-state index in [-0.39, 0.29) is 31.1 Å². The lowest BCUT2D eigenvalue weighted by atomic mass is 10.0. The molecule has 0 saturated carbocycles. The number of carbonyl (C=O) groups excluding carboxylic acids is 3. The molecular formula is C57H100O6.